The van der Waals surface area contributed by atoms with E-state index in [0.717, 1.165) is 13.8 Å². The van der Waals surface area contributed by atoms with Gasteiger partial charge in [0.2, 0.25) is 11.8 Å². The fourth-order valence-corrected chi connectivity index (χ4v) is 9.74. The normalized spacial score (nSPS) is 48.6. The third-order valence-electron chi connectivity index (χ3n) is 14.1. The number of carbonyl (C=O) groups excluding carboxylic acids is 2. The van der Waals surface area contributed by atoms with E-state index in [2.05, 4.69) is 10.6 Å². The maximum atomic E-state index is 13.2. The SMILES string of the molecule is CC(=O)N[C@H]1[C@H](O[C@H]2[C@@H](O)[C@@H](CO[C@]3(C(=O)O)C[C@H](O)[C@@H](O)[C@H]([C@H](O)[C@H](O)CO)O3)OC(O)[C@@H]2NC(C)=O)O[C@H](CO)[C@@H](O[C@@H]2O[C@H](CO)[C@H](O)[C@H](O)[C@H]2O[C@@H]2O[C@@H](C)[C@@H](O)[C@@H](O)[C@@H]2O)[C@@H]1O[C@@H]1O[C@@H](C)[C@@H](O)[C@@H](O)[C@@H]1O. The lowest BCUT2D eigenvalue weighted by Crippen LogP contribution is -2.72. The van der Waals surface area contributed by atoms with Crippen LogP contribution in [0.15, 0.2) is 0 Å². The Labute approximate surface area is 436 Å². The topological polar surface area (TPSA) is 541 Å². The smallest absolute Gasteiger partial charge is 0.364 e. The Kier molecular flexibility index (Phi) is 21.8. The second-order valence-corrected chi connectivity index (χ2v) is 19.7. The number of carbonyl (C=O) groups is 3. The molecule has 6 heterocycles. The van der Waals surface area contributed by atoms with Gasteiger partial charge in [0, 0.05) is 20.3 Å². The molecule has 0 radical (unpaired) electrons. The lowest BCUT2D eigenvalue weighted by Gasteiger charge is -2.52. The van der Waals surface area contributed by atoms with E-state index in [0.29, 0.717) is 0 Å². The number of aliphatic hydroxyl groups is 17. The third-order valence-corrected chi connectivity index (χ3v) is 14.1. The van der Waals surface area contributed by atoms with E-state index in [9.17, 15) is 106 Å². The molecule has 1 unspecified atom stereocenters. The molecule has 34 nitrogen and oxygen atoms in total. The number of aliphatic carboxylic acids is 1. The summed E-state index contributed by atoms with van der Waals surface area (Å²) in [6.45, 7) is 0.0976. The number of nitrogens with one attached hydrogen (secondary N) is 2. The Balaban J connectivity index is 1.38. The van der Waals surface area contributed by atoms with Crippen LogP contribution in [0.25, 0.3) is 0 Å². The minimum atomic E-state index is -3.02. The Morgan fingerprint density at radius 2 is 1.05 bits per heavy atom. The van der Waals surface area contributed by atoms with Gasteiger partial charge in [0.1, 0.15) is 134 Å². The van der Waals surface area contributed by atoms with Crippen molar-refractivity contribution in [1.82, 2.24) is 10.6 Å². The van der Waals surface area contributed by atoms with Crippen LogP contribution in [0.1, 0.15) is 34.1 Å². The van der Waals surface area contributed by atoms with Gasteiger partial charge in [-0.15, -0.1) is 0 Å². The van der Waals surface area contributed by atoms with E-state index in [1.807, 2.05) is 0 Å². The van der Waals surface area contributed by atoms with Crippen LogP contribution in [0, 0.1) is 0 Å². The largest absolute Gasteiger partial charge is 0.477 e. The van der Waals surface area contributed by atoms with Crippen LogP contribution in [0.5, 0.6) is 0 Å². The first-order valence-corrected chi connectivity index (χ1v) is 24.5. The number of aliphatic hydroxyl groups excluding tert-OH is 17. The molecule has 31 atom stereocenters. The van der Waals surface area contributed by atoms with Crippen molar-refractivity contribution in [3.8, 4) is 0 Å². The molecule has 20 N–H and O–H groups in total. The van der Waals surface area contributed by atoms with Crippen LogP contribution in [0.3, 0.4) is 0 Å². The molecular formula is C43H72N2O32. The van der Waals surface area contributed by atoms with Crippen molar-refractivity contribution in [3.05, 3.63) is 0 Å². The summed E-state index contributed by atoms with van der Waals surface area (Å²) in [5, 5.41) is 197. The summed E-state index contributed by atoms with van der Waals surface area (Å²) in [5.41, 5.74) is 0. The van der Waals surface area contributed by atoms with Gasteiger partial charge in [0.05, 0.1) is 44.7 Å². The molecule has 0 saturated carbocycles. The Hall–Kier alpha value is -2.71. The van der Waals surface area contributed by atoms with Crippen LogP contribution < -0.4 is 10.6 Å². The predicted molar refractivity (Wildman–Crippen MR) is 237 cm³/mol. The third kappa shape index (κ3) is 13.6. The van der Waals surface area contributed by atoms with Crippen LogP contribution >= 0.6 is 0 Å². The molecule has 0 aliphatic carbocycles. The highest BCUT2D eigenvalue weighted by Crippen LogP contribution is 2.39. The number of rotatable bonds is 19. The quantitative estimate of drug-likeness (QED) is 0.0571. The minimum absolute atomic E-state index is 0.885. The van der Waals surface area contributed by atoms with Crippen LogP contribution in [0.4, 0.5) is 0 Å². The van der Waals surface area contributed by atoms with E-state index in [1.54, 1.807) is 0 Å². The molecule has 0 aromatic rings. The van der Waals surface area contributed by atoms with Gasteiger partial charge in [-0.3, -0.25) is 9.59 Å². The second-order valence-electron chi connectivity index (χ2n) is 19.7. The molecule has 6 fully saturated rings. The number of amides is 2. The summed E-state index contributed by atoms with van der Waals surface area (Å²) < 4.78 is 64.3. The summed E-state index contributed by atoms with van der Waals surface area (Å²) in [5.74, 6) is -6.84. The predicted octanol–water partition coefficient (Wildman–Crippen LogP) is -12.6. The van der Waals surface area contributed by atoms with Crippen LogP contribution in [-0.4, -0.2) is 326 Å². The number of ether oxygens (including phenoxy) is 11. The van der Waals surface area contributed by atoms with Crippen molar-refractivity contribution in [2.45, 2.75) is 224 Å². The molecular weight excluding hydrogens is 1060 g/mol. The fourth-order valence-electron chi connectivity index (χ4n) is 9.74. The zero-order valence-electron chi connectivity index (χ0n) is 41.6. The molecule has 6 aliphatic rings. The van der Waals surface area contributed by atoms with Crippen molar-refractivity contribution in [2.75, 3.05) is 26.4 Å². The first-order chi connectivity index (χ1) is 36.1. The highest BCUT2D eigenvalue weighted by atomic mass is 16.8. The minimum Gasteiger partial charge on any atom is -0.477 e. The average molecular weight is 1130 g/mol. The molecule has 2 amide bonds. The Bertz CT molecular complexity index is 1930. The van der Waals surface area contributed by atoms with Crippen molar-refractivity contribution >= 4 is 17.8 Å². The lowest BCUT2D eigenvalue weighted by molar-refractivity contribution is -0.396. The second kappa shape index (κ2) is 26.5. The van der Waals surface area contributed by atoms with Gasteiger partial charge in [-0.1, -0.05) is 0 Å². The van der Waals surface area contributed by atoms with Gasteiger partial charge in [-0.05, 0) is 13.8 Å². The van der Waals surface area contributed by atoms with Crippen molar-refractivity contribution in [3.63, 3.8) is 0 Å². The van der Waals surface area contributed by atoms with E-state index in [4.69, 9.17) is 52.1 Å². The summed E-state index contributed by atoms with van der Waals surface area (Å²) in [6.07, 6.45) is -55.7. The Morgan fingerprint density at radius 1 is 0.545 bits per heavy atom. The molecule has 6 rings (SSSR count). The van der Waals surface area contributed by atoms with Crippen molar-refractivity contribution < 1.29 is 158 Å². The first-order valence-electron chi connectivity index (χ1n) is 24.5. The molecule has 34 heteroatoms. The monoisotopic (exact) mass is 1130 g/mol. The average Bonchev–Trinajstić information content (AvgIpc) is 3.38. The van der Waals surface area contributed by atoms with Crippen LogP contribution in [0.2, 0.25) is 0 Å². The highest BCUT2D eigenvalue weighted by Gasteiger charge is 2.60. The lowest BCUT2D eigenvalue weighted by atomic mass is 9.90. The summed E-state index contributed by atoms with van der Waals surface area (Å²) in [6, 6.07) is -3.76. The number of carboxylic acid groups (broad SMARTS) is 1. The first kappa shape index (κ1) is 63.5. The Morgan fingerprint density at radius 3 is 1.57 bits per heavy atom. The molecule has 0 aromatic heterocycles. The van der Waals surface area contributed by atoms with Gasteiger partial charge in [0.15, 0.2) is 31.5 Å². The van der Waals surface area contributed by atoms with E-state index in [-0.39, 0.29) is 0 Å². The molecule has 0 bridgehead atoms. The molecule has 446 valence electrons. The summed E-state index contributed by atoms with van der Waals surface area (Å²) in [7, 11) is 0. The van der Waals surface area contributed by atoms with E-state index in [1.165, 1.54) is 13.8 Å². The maximum Gasteiger partial charge on any atom is 0.364 e. The molecule has 0 spiro atoms. The highest BCUT2D eigenvalue weighted by molar-refractivity contribution is 5.76. The molecule has 77 heavy (non-hydrogen) atoms. The van der Waals surface area contributed by atoms with E-state index < -0.39 is 240 Å². The fraction of sp³-hybridized carbons (Fsp3) is 0.930. The van der Waals surface area contributed by atoms with Gasteiger partial charge < -0.3 is 155 Å². The number of hydrogen-bond acceptors (Lipinski definition) is 31. The van der Waals surface area contributed by atoms with Gasteiger partial charge in [0.25, 0.3) is 5.79 Å². The summed E-state index contributed by atoms with van der Waals surface area (Å²) >= 11 is 0. The van der Waals surface area contributed by atoms with Crippen molar-refractivity contribution in [2.24, 2.45) is 0 Å². The van der Waals surface area contributed by atoms with Gasteiger partial charge in [-0.25, -0.2) is 4.79 Å². The number of hydrogen-bond donors (Lipinski definition) is 20. The zero-order chi connectivity index (χ0) is 57.3. The molecule has 6 aliphatic heterocycles. The van der Waals surface area contributed by atoms with E-state index >= 15 is 0 Å². The van der Waals surface area contributed by atoms with Crippen LogP contribution in [-0.2, 0) is 66.5 Å². The van der Waals surface area contributed by atoms with Gasteiger partial charge >= 0.3 is 5.97 Å². The van der Waals surface area contributed by atoms with Crippen molar-refractivity contribution in [1.29, 1.82) is 0 Å². The van der Waals surface area contributed by atoms with Gasteiger partial charge in [-0.2, -0.15) is 0 Å². The summed E-state index contributed by atoms with van der Waals surface area (Å²) in [4.78, 5) is 38.6. The standard InChI is InChI=1S/C43H72N2O32/c1-10-21(53)27(59)30(62)39(68-10)75-34-20(45-13(4)50)38(72-17(8-48)32(34)73-41-36(29(61)25(57)16(7-47)71-41)76-40-31(63)28(60)22(54)11(2)69-40)74-33-19(44-12(3)49)37(64)70-18(26(33)58)9-67-43(42(65)66)5-14(51)23(55)35(77-43)24(56)15(52)6-46/h10-11,14-41,46-48,51-64H,5-9H2,1-4H3,(H,44,49)(H,45,50)(H,65,66)/t10-,11-,14-,15+,16+,17+,18+,19+,20+,21+,22+,23+,24+,25-,26-,27+,28+,29-,30-,31-,32+,33+,34+,35+,36+,37?,38-,39-,40-,41-,43+/m0/s1. The molecule has 6 saturated heterocycles. The number of carboxylic acids is 1. The maximum absolute atomic E-state index is 13.2. The zero-order valence-corrected chi connectivity index (χ0v) is 41.6. The molecule has 0 aromatic carbocycles.